The number of hydrogen-bond donors (Lipinski definition) is 1. The second-order valence-corrected chi connectivity index (χ2v) is 19.3. The van der Waals surface area contributed by atoms with Gasteiger partial charge in [-0.2, -0.15) is 0 Å². The number of carbonyl (C=O) groups excluding carboxylic acids is 4. The lowest BCUT2D eigenvalue weighted by atomic mass is 9.86. The minimum absolute atomic E-state index is 0.0297. The van der Waals surface area contributed by atoms with Crippen molar-refractivity contribution in [2.75, 3.05) is 13.7 Å². The number of sulfonamides is 1. The molecule has 6 aliphatic rings. The molecule has 1 aromatic heterocycles. The van der Waals surface area contributed by atoms with Crippen LogP contribution in [0.2, 0.25) is 0 Å². The van der Waals surface area contributed by atoms with Crippen molar-refractivity contribution in [3.05, 3.63) is 48.6 Å². The Labute approximate surface area is 335 Å². The lowest BCUT2D eigenvalue weighted by Crippen LogP contribution is -2.47. The maximum absolute atomic E-state index is 15.0. The van der Waals surface area contributed by atoms with Crippen LogP contribution in [0.5, 0.6) is 11.6 Å². The zero-order valence-corrected chi connectivity index (χ0v) is 33.7. The Balaban J connectivity index is 1.14. The third kappa shape index (κ3) is 8.36. The molecule has 1 saturated heterocycles. The van der Waals surface area contributed by atoms with Crippen molar-refractivity contribution >= 4 is 50.6 Å². The minimum Gasteiger partial charge on any atom is -0.497 e. The molecule has 1 N–H and O–H groups in total. The molecule has 13 heteroatoms. The number of esters is 1. The van der Waals surface area contributed by atoms with E-state index in [2.05, 4.69) is 17.4 Å². The number of amides is 2. The maximum Gasteiger partial charge on any atom is 0.306 e. The van der Waals surface area contributed by atoms with Crippen LogP contribution in [0.3, 0.4) is 0 Å². The smallest absolute Gasteiger partial charge is 0.306 e. The zero-order chi connectivity index (χ0) is 39.9. The highest BCUT2D eigenvalue weighted by Crippen LogP contribution is 2.57. The summed E-state index contributed by atoms with van der Waals surface area (Å²) in [4.78, 5) is 63.5. The van der Waals surface area contributed by atoms with Crippen molar-refractivity contribution < 1.29 is 41.8 Å². The van der Waals surface area contributed by atoms with Gasteiger partial charge in [0, 0.05) is 29.9 Å². The van der Waals surface area contributed by atoms with Crippen LogP contribution in [0.1, 0.15) is 108 Å². The lowest BCUT2D eigenvalue weighted by molar-refractivity contribution is -0.156. The Kier molecular flexibility index (Phi) is 11.2. The summed E-state index contributed by atoms with van der Waals surface area (Å²) < 4.78 is 46.3. The molecule has 0 radical (unpaired) electrons. The van der Waals surface area contributed by atoms with Crippen LogP contribution in [-0.2, 0) is 33.9 Å². The van der Waals surface area contributed by atoms with Gasteiger partial charge in [-0.05, 0) is 107 Å². The molecule has 12 nitrogen and oxygen atoms in total. The molecular weight excluding hydrogens is 747 g/mol. The lowest BCUT2D eigenvalue weighted by Gasteiger charge is -2.31. The Bertz CT molecular complexity index is 2060. The summed E-state index contributed by atoms with van der Waals surface area (Å²) in [6, 6.07) is 6.74. The second kappa shape index (κ2) is 16.2. The fraction of sp³-hybridized carbons (Fsp3) is 0.614. The summed E-state index contributed by atoms with van der Waals surface area (Å²) in [5, 5.41) is 0.308. The van der Waals surface area contributed by atoms with E-state index in [1.54, 1.807) is 18.1 Å². The van der Waals surface area contributed by atoms with Crippen LogP contribution in [0.15, 0.2) is 43.0 Å². The van der Waals surface area contributed by atoms with Gasteiger partial charge in [-0.15, -0.1) is 6.58 Å². The second-order valence-electron chi connectivity index (χ2n) is 17.4. The number of nitrogens with one attached hydrogen (secondary N) is 1. The molecule has 57 heavy (non-hydrogen) atoms. The molecule has 4 aliphatic carbocycles. The third-order valence-corrected chi connectivity index (χ3v) is 15.4. The summed E-state index contributed by atoms with van der Waals surface area (Å²) in [5.74, 6) is -1.48. The van der Waals surface area contributed by atoms with Gasteiger partial charge in [0.25, 0.3) is 0 Å². The molecule has 0 unspecified atom stereocenters. The highest BCUT2D eigenvalue weighted by atomic mass is 32.2. The molecule has 1 aromatic carbocycles. The predicted molar refractivity (Wildman–Crippen MR) is 213 cm³/mol. The van der Waals surface area contributed by atoms with Crippen LogP contribution in [-0.4, -0.2) is 79.0 Å². The van der Waals surface area contributed by atoms with Gasteiger partial charge in [-0.3, -0.25) is 23.9 Å². The molecule has 0 spiro atoms. The number of ketones is 1. The summed E-state index contributed by atoms with van der Waals surface area (Å²) in [6.07, 6.45) is 15.1. The number of nitrogens with zero attached hydrogens (tertiary/aromatic N) is 2. The van der Waals surface area contributed by atoms with E-state index in [0.29, 0.717) is 30.0 Å². The molecule has 3 heterocycles. The summed E-state index contributed by atoms with van der Waals surface area (Å²) in [6.45, 7) is 3.95. The van der Waals surface area contributed by atoms with Crippen LogP contribution in [0.25, 0.3) is 17.0 Å². The van der Waals surface area contributed by atoms with Crippen LogP contribution >= 0.6 is 0 Å². The largest absolute Gasteiger partial charge is 0.497 e. The molecule has 2 bridgehead atoms. The van der Waals surface area contributed by atoms with Crippen LogP contribution < -0.4 is 14.2 Å². The van der Waals surface area contributed by atoms with Gasteiger partial charge < -0.3 is 19.1 Å². The maximum atomic E-state index is 15.0. The van der Waals surface area contributed by atoms with Crippen molar-refractivity contribution in [2.45, 2.75) is 126 Å². The van der Waals surface area contributed by atoms with Gasteiger partial charge in [0.2, 0.25) is 27.7 Å². The fourth-order valence-electron chi connectivity index (χ4n) is 10.0. The van der Waals surface area contributed by atoms with Crippen molar-refractivity contribution in [3.63, 3.8) is 0 Å². The van der Waals surface area contributed by atoms with Gasteiger partial charge in [-0.25, -0.2) is 13.4 Å². The molecular formula is C44H55N3O9S. The molecule has 5 fully saturated rings. The van der Waals surface area contributed by atoms with E-state index in [-0.39, 0.29) is 73.7 Å². The average molecular weight is 802 g/mol. The Morgan fingerprint density at radius 3 is 2.53 bits per heavy atom. The van der Waals surface area contributed by atoms with E-state index in [1.165, 1.54) is 0 Å². The number of aromatic nitrogens is 1. The molecule has 8 rings (SSSR count). The van der Waals surface area contributed by atoms with Crippen LogP contribution in [0.4, 0.5) is 0 Å². The Hall–Kier alpha value is -4.26. The van der Waals surface area contributed by atoms with Gasteiger partial charge >= 0.3 is 5.97 Å². The summed E-state index contributed by atoms with van der Waals surface area (Å²) in [7, 11) is -2.25. The molecule has 2 aliphatic heterocycles. The van der Waals surface area contributed by atoms with E-state index in [1.807, 2.05) is 30.3 Å². The zero-order valence-electron chi connectivity index (χ0n) is 32.9. The number of methoxy groups -OCH3 is 1. The standard InChI is InChI=1S/C44H55N3O9S/c1-3-31-24-44(31,43(51)46-57(52,53)34-18-19-34)25-38(48)37-22-33-26-47(37)42(50)35(27-10-7-8-11-27)23-40(49)56-39-15-9-14-28(39)12-5-4-6-13-30-20-29-16-17-32(54-2)21-36(29)45-41(30)55-33/h3,6,13,16-17,20-21,27-28,31,33-35,37,39H,1,4-5,7-12,14-15,18-19,22-26H2,2H3,(H,46,51)/b13-6+/t28-,31-,33-,35+,37+,39-,44-/m1/s1. The van der Waals surface area contributed by atoms with E-state index in [9.17, 15) is 27.6 Å². The molecule has 306 valence electrons. The number of pyridine rings is 1. The van der Waals surface area contributed by atoms with Crippen molar-refractivity contribution in [3.8, 4) is 11.6 Å². The van der Waals surface area contributed by atoms with Crippen molar-refractivity contribution in [1.29, 1.82) is 0 Å². The van der Waals surface area contributed by atoms with E-state index in [4.69, 9.17) is 19.2 Å². The first kappa shape index (κ1) is 39.6. The Morgan fingerprint density at radius 2 is 1.79 bits per heavy atom. The van der Waals surface area contributed by atoms with Crippen molar-refractivity contribution in [2.24, 2.45) is 29.1 Å². The first-order chi connectivity index (χ1) is 27.5. The number of carbonyl (C=O) groups is 4. The van der Waals surface area contributed by atoms with Crippen LogP contribution in [0, 0.1) is 29.1 Å². The van der Waals surface area contributed by atoms with Gasteiger partial charge in [0.05, 0.1) is 48.2 Å². The fourth-order valence-corrected chi connectivity index (χ4v) is 11.4. The van der Waals surface area contributed by atoms with Gasteiger partial charge in [-0.1, -0.05) is 31.1 Å². The Morgan fingerprint density at radius 1 is 1.02 bits per heavy atom. The quantitative estimate of drug-likeness (QED) is 0.221. The summed E-state index contributed by atoms with van der Waals surface area (Å²) >= 11 is 0. The minimum atomic E-state index is -3.85. The molecule has 2 amide bonds. The number of rotatable bonds is 9. The molecule has 7 atom stereocenters. The van der Waals surface area contributed by atoms with Gasteiger partial charge in [0.1, 0.15) is 18.0 Å². The SMILES string of the molecule is C=C[C@@H]1C[C@]1(CC(=O)[C@@H]1C[C@@H]2CN1C(=O)[C@H](C1CCCC1)CC(=O)O[C@@H]1CCC[C@H]1CCC/C=C/c1cc3ccc(OC)cc3nc1O2)C(=O)NS(=O)(=O)C1CC1. The molecule has 4 saturated carbocycles. The number of Topliss-reactive ketones (excluding diaryl/α,β-unsaturated/α-hetero) is 1. The topological polar surface area (TPSA) is 158 Å². The number of benzene rings is 1. The highest BCUT2D eigenvalue weighted by Gasteiger charge is 2.61. The monoisotopic (exact) mass is 801 g/mol. The van der Waals surface area contributed by atoms with Crippen molar-refractivity contribution in [1.82, 2.24) is 14.6 Å². The number of ether oxygens (including phenoxy) is 3. The summed E-state index contributed by atoms with van der Waals surface area (Å²) in [5.41, 5.74) is 0.175. The normalized spacial score (nSPS) is 31.6. The first-order valence-electron chi connectivity index (χ1n) is 21.0. The highest BCUT2D eigenvalue weighted by molar-refractivity contribution is 7.90. The average Bonchev–Trinajstić information content (AvgIpc) is 3.98. The predicted octanol–water partition coefficient (Wildman–Crippen LogP) is 6.46. The first-order valence-corrected chi connectivity index (χ1v) is 22.6. The number of allylic oxidation sites excluding steroid dienone is 2. The van der Waals surface area contributed by atoms with E-state index >= 15 is 0 Å². The van der Waals surface area contributed by atoms with E-state index in [0.717, 1.165) is 75.2 Å². The number of fused-ring (bicyclic) bond motifs is 5. The number of hydrogen-bond acceptors (Lipinski definition) is 10. The van der Waals surface area contributed by atoms with E-state index < -0.39 is 44.7 Å². The molecule has 2 aromatic rings. The van der Waals surface area contributed by atoms with Gasteiger partial charge in [0.15, 0.2) is 5.78 Å². The third-order valence-electron chi connectivity index (χ3n) is 13.6.